The molecule has 1 saturated heterocycles. The number of hydrogen-bond donors (Lipinski definition) is 1. The first-order valence-corrected chi connectivity index (χ1v) is 7.64. The van der Waals surface area contributed by atoms with Gasteiger partial charge in [0.1, 0.15) is 0 Å². The fourth-order valence-corrected chi connectivity index (χ4v) is 4.23. The van der Waals surface area contributed by atoms with Crippen molar-refractivity contribution in [1.29, 1.82) is 0 Å². The molecule has 4 heteroatoms. The topological polar surface area (TPSA) is 21.3 Å². The maximum atomic E-state index is 6.19. The summed E-state index contributed by atoms with van der Waals surface area (Å²) in [7, 11) is 0. The van der Waals surface area contributed by atoms with Crippen LogP contribution in [0.25, 0.3) is 0 Å². The highest BCUT2D eigenvalue weighted by Crippen LogP contribution is 2.65. The summed E-state index contributed by atoms with van der Waals surface area (Å²) < 4.78 is 5.66. The van der Waals surface area contributed by atoms with Crippen molar-refractivity contribution in [2.45, 2.75) is 25.3 Å². The zero-order valence-corrected chi connectivity index (χ0v) is 12.8. The number of halogens is 2. The van der Waals surface area contributed by atoms with E-state index in [1.807, 2.05) is 19.1 Å². The monoisotopic (exact) mass is 299 g/mol. The van der Waals surface area contributed by atoms with Crippen molar-refractivity contribution in [1.82, 2.24) is 5.32 Å². The van der Waals surface area contributed by atoms with E-state index in [9.17, 15) is 0 Å². The SMILES string of the molecule is CCOCC1C2CN[C@@H](C)C21c1ccc(Cl)c(Cl)c1. The van der Waals surface area contributed by atoms with Crippen LogP contribution in [0.2, 0.25) is 10.0 Å². The summed E-state index contributed by atoms with van der Waals surface area (Å²) in [6, 6.07) is 6.52. The summed E-state index contributed by atoms with van der Waals surface area (Å²) in [5, 5.41) is 4.84. The molecule has 104 valence electrons. The molecule has 2 fully saturated rings. The second kappa shape index (κ2) is 4.92. The molecule has 3 unspecified atom stereocenters. The molecule has 1 saturated carbocycles. The van der Waals surface area contributed by atoms with E-state index in [1.54, 1.807) is 0 Å². The Morgan fingerprint density at radius 2 is 2.16 bits per heavy atom. The summed E-state index contributed by atoms with van der Waals surface area (Å²) in [5.74, 6) is 1.26. The first-order valence-electron chi connectivity index (χ1n) is 6.89. The Kier molecular flexibility index (Phi) is 3.55. The van der Waals surface area contributed by atoms with Gasteiger partial charge in [0.15, 0.2) is 0 Å². The molecular weight excluding hydrogens is 281 g/mol. The highest BCUT2D eigenvalue weighted by atomic mass is 35.5. The van der Waals surface area contributed by atoms with Crippen LogP contribution < -0.4 is 5.32 Å². The predicted molar refractivity (Wildman–Crippen MR) is 79.1 cm³/mol. The van der Waals surface area contributed by atoms with Crippen LogP contribution in [0.1, 0.15) is 19.4 Å². The lowest BCUT2D eigenvalue weighted by atomic mass is 9.87. The van der Waals surface area contributed by atoms with Crippen LogP contribution in [0.4, 0.5) is 0 Å². The third kappa shape index (κ3) is 1.92. The third-order valence-corrected chi connectivity index (χ3v) is 5.62. The Bertz CT molecular complexity index is 493. The van der Waals surface area contributed by atoms with Crippen LogP contribution in [0.15, 0.2) is 18.2 Å². The lowest BCUT2D eigenvalue weighted by Crippen LogP contribution is -2.35. The molecule has 2 aliphatic rings. The fourth-order valence-electron chi connectivity index (χ4n) is 3.93. The Labute approximate surface area is 124 Å². The van der Waals surface area contributed by atoms with Gasteiger partial charge in [-0.25, -0.2) is 0 Å². The summed E-state index contributed by atoms with van der Waals surface area (Å²) in [4.78, 5) is 0. The van der Waals surface area contributed by atoms with Gasteiger partial charge in [-0.3, -0.25) is 0 Å². The van der Waals surface area contributed by atoms with Crippen molar-refractivity contribution in [3.8, 4) is 0 Å². The van der Waals surface area contributed by atoms with E-state index < -0.39 is 0 Å². The molecular formula is C15H19Cl2NO. The Morgan fingerprint density at radius 1 is 1.37 bits per heavy atom. The molecule has 1 N–H and O–H groups in total. The van der Waals surface area contributed by atoms with Gasteiger partial charge >= 0.3 is 0 Å². The standard InChI is InChI=1S/C15H19Cl2NO/c1-3-19-8-12-11-7-18-9(2)15(11,12)10-4-5-13(16)14(17)6-10/h4-6,9,11-12,18H,3,7-8H2,1-2H3/t9-,11?,12?,15?/m0/s1. The third-order valence-electron chi connectivity index (χ3n) is 4.89. The molecule has 0 radical (unpaired) electrons. The van der Waals surface area contributed by atoms with E-state index in [0.717, 1.165) is 19.8 Å². The molecule has 1 aliphatic carbocycles. The number of nitrogens with one attached hydrogen (secondary N) is 1. The van der Waals surface area contributed by atoms with Crippen molar-refractivity contribution in [3.63, 3.8) is 0 Å². The quantitative estimate of drug-likeness (QED) is 0.919. The number of hydrogen-bond acceptors (Lipinski definition) is 2. The van der Waals surface area contributed by atoms with Crippen LogP contribution in [0.3, 0.4) is 0 Å². The maximum Gasteiger partial charge on any atom is 0.0595 e. The van der Waals surface area contributed by atoms with E-state index in [-0.39, 0.29) is 5.41 Å². The van der Waals surface area contributed by atoms with Gasteiger partial charge in [0, 0.05) is 18.1 Å². The van der Waals surface area contributed by atoms with E-state index in [0.29, 0.717) is 27.9 Å². The summed E-state index contributed by atoms with van der Waals surface area (Å²) in [6.07, 6.45) is 0. The minimum Gasteiger partial charge on any atom is -0.381 e. The fraction of sp³-hybridized carbons (Fsp3) is 0.600. The smallest absolute Gasteiger partial charge is 0.0595 e. The molecule has 0 aromatic heterocycles. The van der Waals surface area contributed by atoms with Crippen LogP contribution in [-0.2, 0) is 10.2 Å². The molecule has 1 aromatic rings. The first kappa shape index (κ1) is 13.7. The molecule has 1 aromatic carbocycles. The van der Waals surface area contributed by atoms with Crippen LogP contribution in [0.5, 0.6) is 0 Å². The van der Waals surface area contributed by atoms with Crippen molar-refractivity contribution in [2.75, 3.05) is 19.8 Å². The van der Waals surface area contributed by atoms with Crippen molar-refractivity contribution in [2.24, 2.45) is 11.8 Å². The molecule has 0 amide bonds. The zero-order chi connectivity index (χ0) is 13.6. The lowest BCUT2D eigenvalue weighted by Gasteiger charge is -2.23. The number of piperidine rings is 1. The normalized spacial score (nSPS) is 36.3. The lowest BCUT2D eigenvalue weighted by molar-refractivity contribution is 0.124. The first-order chi connectivity index (χ1) is 9.12. The predicted octanol–water partition coefficient (Wildman–Crippen LogP) is 3.51. The van der Waals surface area contributed by atoms with Crippen LogP contribution >= 0.6 is 23.2 Å². The number of benzene rings is 1. The average molecular weight is 300 g/mol. The van der Waals surface area contributed by atoms with Crippen LogP contribution in [0, 0.1) is 11.8 Å². The Hall–Kier alpha value is -0.280. The van der Waals surface area contributed by atoms with E-state index in [1.165, 1.54) is 5.56 Å². The molecule has 1 heterocycles. The average Bonchev–Trinajstić information content (AvgIpc) is 2.92. The molecule has 2 nitrogen and oxygen atoms in total. The highest BCUT2D eigenvalue weighted by molar-refractivity contribution is 6.42. The maximum absolute atomic E-state index is 6.19. The van der Waals surface area contributed by atoms with Gasteiger partial charge in [-0.05, 0) is 49.9 Å². The van der Waals surface area contributed by atoms with Gasteiger partial charge in [-0.2, -0.15) is 0 Å². The van der Waals surface area contributed by atoms with Gasteiger partial charge < -0.3 is 10.1 Å². The molecule has 1 aliphatic heterocycles. The second-order valence-corrected chi connectivity index (χ2v) is 6.38. The number of ether oxygens (including phenoxy) is 1. The molecule has 3 rings (SSSR count). The van der Waals surface area contributed by atoms with Gasteiger partial charge in [-0.15, -0.1) is 0 Å². The Balaban J connectivity index is 1.93. The van der Waals surface area contributed by atoms with Crippen LogP contribution in [-0.4, -0.2) is 25.8 Å². The minimum absolute atomic E-state index is 0.184. The summed E-state index contributed by atoms with van der Waals surface area (Å²) >= 11 is 12.2. The molecule has 19 heavy (non-hydrogen) atoms. The van der Waals surface area contributed by atoms with E-state index in [2.05, 4.69) is 18.3 Å². The van der Waals surface area contributed by atoms with Gasteiger partial charge in [-0.1, -0.05) is 29.3 Å². The van der Waals surface area contributed by atoms with Crippen molar-refractivity contribution >= 4 is 23.2 Å². The van der Waals surface area contributed by atoms with E-state index in [4.69, 9.17) is 27.9 Å². The number of fused-ring (bicyclic) bond motifs is 1. The summed E-state index contributed by atoms with van der Waals surface area (Å²) in [5.41, 5.74) is 1.48. The van der Waals surface area contributed by atoms with Crippen molar-refractivity contribution < 1.29 is 4.74 Å². The highest BCUT2D eigenvalue weighted by Gasteiger charge is 2.70. The largest absolute Gasteiger partial charge is 0.381 e. The second-order valence-electron chi connectivity index (χ2n) is 5.56. The molecule has 0 spiro atoms. The molecule has 0 bridgehead atoms. The van der Waals surface area contributed by atoms with Crippen molar-refractivity contribution in [3.05, 3.63) is 33.8 Å². The Morgan fingerprint density at radius 3 is 2.84 bits per heavy atom. The molecule has 4 atom stereocenters. The summed E-state index contributed by atoms with van der Waals surface area (Å²) in [6.45, 7) is 7.00. The minimum atomic E-state index is 0.184. The van der Waals surface area contributed by atoms with Gasteiger partial charge in [0.2, 0.25) is 0 Å². The van der Waals surface area contributed by atoms with Gasteiger partial charge in [0.25, 0.3) is 0 Å². The number of rotatable bonds is 4. The zero-order valence-electron chi connectivity index (χ0n) is 11.2. The van der Waals surface area contributed by atoms with E-state index >= 15 is 0 Å². The van der Waals surface area contributed by atoms with Gasteiger partial charge in [0.05, 0.1) is 16.7 Å².